The van der Waals surface area contributed by atoms with Crippen molar-refractivity contribution in [3.8, 4) is 0 Å². The van der Waals surface area contributed by atoms with Gasteiger partial charge in [-0.05, 0) is 17.5 Å². The molecule has 0 spiro atoms. The standard InChI is InChI=1S/C20H24N2O/c1-4-15-20(16-21-19(23)22(2)3,17-11-7-5-8-12-17)18-13-9-6-10-14-18/h4-14H,1,15-16H2,2-3H3,(H,21,23). The summed E-state index contributed by atoms with van der Waals surface area (Å²) in [5.41, 5.74) is 2.02. The lowest BCUT2D eigenvalue weighted by Crippen LogP contribution is -2.44. The van der Waals surface area contributed by atoms with Crippen molar-refractivity contribution in [3.63, 3.8) is 0 Å². The second kappa shape index (κ2) is 7.63. The molecule has 0 saturated heterocycles. The quantitative estimate of drug-likeness (QED) is 0.808. The molecule has 2 rings (SSSR count). The Morgan fingerprint density at radius 2 is 1.52 bits per heavy atom. The lowest BCUT2D eigenvalue weighted by molar-refractivity contribution is 0.215. The highest BCUT2D eigenvalue weighted by molar-refractivity contribution is 5.73. The molecule has 2 amide bonds. The van der Waals surface area contributed by atoms with Crippen molar-refractivity contribution in [2.45, 2.75) is 11.8 Å². The molecule has 0 fully saturated rings. The van der Waals surface area contributed by atoms with Gasteiger partial charge in [0.2, 0.25) is 0 Å². The van der Waals surface area contributed by atoms with Gasteiger partial charge in [0.05, 0.1) is 0 Å². The number of carbonyl (C=O) groups excluding carboxylic acids is 1. The predicted molar refractivity (Wildman–Crippen MR) is 95.6 cm³/mol. The zero-order valence-electron chi connectivity index (χ0n) is 13.8. The van der Waals surface area contributed by atoms with Gasteiger partial charge in [-0.15, -0.1) is 6.58 Å². The van der Waals surface area contributed by atoms with Gasteiger partial charge < -0.3 is 10.2 Å². The molecule has 0 aromatic heterocycles. The van der Waals surface area contributed by atoms with Gasteiger partial charge in [0.15, 0.2) is 0 Å². The number of allylic oxidation sites excluding steroid dienone is 1. The Bertz CT molecular complexity index is 596. The van der Waals surface area contributed by atoms with E-state index < -0.39 is 0 Å². The number of carbonyl (C=O) groups is 1. The fourth-order valence-corrected chi connectivity index (χ4v) is 2.82. The summed E-state index contributed by atoms with van der Waals surface area (Å²) in [6, 6.07) is 20.5. The molecule has 0 radical (unpaired) electrons. The summed E-state index contributed by atoms with van der Waals surface area (Å²) < 4.78 is 0. The van der Waals surface area contributed by atoms with E-state index >= 15 is 0 Å². The van der Waals surface area contributed by atoms with E-state index in [0.717, 1.165) is 6.42 Å². The molecule has 23 heavy (non-hydrogen) atoms. The van der Waals surface area contributed by atoms with Crippen molar-refractivity contribution >= 4 is 6.03 Å². The number of hydrogen-bond acceptors (Lipinski definition) is 1. The minimum absolute atomic E-state index is 0.0923. The largest absolute Gasteiger partial charge is 0.337 e. The van der Waals surface area contributed by atoms with Crippen molar-refractivity contribution in [2.75, 3.05) is 20.6 Å². The van der Waals surface area contributed by atoms with Gasteiger partial charge in [-0.1, -0.05) is 66.7 Å². The molecule has 0 saturated carbocycles. The SMILES string of the molecule is C=CCC(CNC(=O)N(C)C)(c1ccccc1)c1ccccc1. The molecule has 0 aliphatic rings. The molecule has 120 valence electrons. The third-order valence-electron chi connectivity index (χ3n) is 4.09. The van der Waals surface area contributed by atoms with E-state index in [9.17, 15) is 4.79 Å². The van der Waals surface area contributed by atoms with Gasteiger partial charge in [0.1, 0.15) is 0 Å². The van der Waals surface area contributed by atoms with E-state index in [4.69, 9.17) is 0 Å². The maximum Gasteiger partial charge on any atom is 0.316 e. The van der Waals surface area contributed by atoms with Gasteiger partial charge in [0, 0.05) is 26.1 Å². The average Bonchev–Trinajstić information content (AvgIpc) is 2.59. The van der Waals surface area contributed by atoms with Crippen LogP contribution in [0.15, 0.2) is 73.3 Å². The van der Waals surface area contributed by atoms with Crippen LogP contribution in [-0.4, -0.2) is 31.6 Å². The fraction of sp³-hybridized carbons (Fsp3) is 0.250. The van der Waals surface area contributed by atoms with Crippen LogP contribution in [-0.2, 0) is 5.41 Å². The first-order valence-corrected chi connectivity index (χ1v) is 7.77. The van der Waals surface area contributed by atoms with Gasteiger partial charge >= 0.3 is 6.03 Å². The van der Waals surface area contributed by atoms with Gasteiger partial charge in [-0.3, -0.25) is 0 Å². The first-order chi connectivity index (χ1) is 11.1. The third kappa shape index (κ3) is 3.81. The third-order valence-corrected chi connectivity index (χ3v) is 4.09. The molecular weight excluding hydrogens is 284 g/mol. The van der Waals surface area contributed by atoms with E-state index in [1.165, 1.54) is 11.1 Å². The Labute approximate surface area is 138 Å². The number of urea groups is 1. The molecule has 2 aromatic rings. The average molecular weight is 308 g/mol. The highest BCUT2D eigenvalue weighted by atomic mass is 16.2. The Kier molecular flexibility index (Phi) is 5.58. The number of benzene rings is 2. The molecule has 2 aromatic carbocycles. The van der Waals surface area contributed by atoms with Crippen LogP contribution >= 0.6 is 0 Å². The Hall–Kier alpha value is -2.55. The summed E-state index contributed by atoms with van der Waals surface area (Å²) in [6.45, 7) is 4.45. The molecule has 0 bridgehead atoms. The molecule has 3 nitrogen and oxygen atoms in total. The van der Waals surface area contributed by atoms with Crippen molar-refractivity contribution in [3.05, 3.63) is 84.4 Å². The van der Waals surface area contributed by atoms with Gasteiger partial charge in [0.25, 0.3) is 0 Å². The normalized spacial score (nSPS) is 10.9. The maximum atomic E-state index is 12.0. The lowest BCUT2D eigenvalue weighted by atomic mass is 9.72. The smallest absolute Gasteiger partial charge is 0.316 e. The highest BCUT2D eigenvalue weighted by Crippen LogP contribution is 2.35. The highest BCUT2D eigenvalue weighted by Gasteiger charge is 2.33. The summed E-state index contributed by atoms with van der Waals surface area (Å²) in [4.78, 5) is 13.6. The zero-order chi connectivity index (χ0) is 16.7. The first kappa shape index (κ1) is 16.8. The van der Waals surface area contributed by atoms with Crippen LogP contribution in [0.1, 0.15) is 17.5 Å². The van der Waals surface area contributed by atoms with Crippen LogP contribution in [0.3, 0.4) is 0 Å². The zero-order valence-corrected chi connectivity index (χ0v) is 13.8. The van der Waals surface area contributed by atoms with Crippen molar-refractivity contribution in [1.82, 2.24) is 10.2 Å². The first-order valence-electron chi connectivity index (χ1n) is 7.77. The molecule has 0 aliphatic carbocycles. The number of nitrogens with one attached hydrogen (secondary N) is 1. The molecule has 0 atom stereocenters. The van der Waals surface area contributed by atoms with Crippen LogP contribution < -0.4 is 5.32 Å². The van der Waals surface area contributed by atoms with Crippen molar-refractivity contribution in [2.24, 2.45) is 0 Å². The Morgan fingerprint density at radius 3 is 1.91 bits per heavy atom. The van der Waals surface area contributed by atoms with Crippen LogP contribution in [0.5, 0.6) is 0 Å². The molecule has 3 heteroatoms. The van der Waals surface area contributed by atoms with Crippen LogP contribution in [0.25, 0.3) is 0 Å². The minimum Gasteiger partial charge on any atom is -0.337 e. The van der Waals surface area contributed by atoms with Crippen LogP contribution in [0.2, 0.25) is 0 Å². The summed E-state index contributed by atoms with van der Waals surface area (Å²) in [5.74, 6) is 0. The predicted octanol–water partition coefficient (Wildman–Crippen LogP) is 3.82. The summed E-state index contributed by atoms with van der Waals surface area (Å²) in [5, 5.41) is 3.04. The number of hydrogen-bond donors (Lipinski definition) is 1. The monoisotopic (exact) mass is 308 g/mol. The maximum absolute atomic E-state index is 12.0. The Morgan fingerprint density at radius 1 is 1.04 bits per heavy atom. The molecule has 0 heterocycles. The van der Waals surface area contributed by atoms with Crippen LogP contribution in [0, 0.1) is 0 Å². The van der Waals surface area contributed by atoms with E-state index in [2.05, 4.69) is 36.2 Å². The van der Waals surface area contributed by atoms with Crippen molar-refractivity contribution in [1.29, 1.82) is 0 Å². The summed E-state index contributed by atoms with van der Waals surface area (Å²) in [6.07, 6.45) is 2.66. The summed E-state index contributed by atoms with van der Waals surface area (Å²) in [7, 11) is 3.49. The van der Waals surface area contributed by atoms with Crippen LogP contribution in [0.4, 0.5) is 4.79 Å². The van der Waals surface area contributed by atoms with E-state index in [0.29, 0.717) is 6.54 Å². The van der Waals surface area contributed by atoms with Gasteiger partial charge in [-0.2, -0.15) is 0 Å². The number of amides is 2. The van der Waals surface area contributed by atoms with Crippen molar-refractivity contribution < 1.29 is 4.79 Å². The van der Waals surface area contributed by atoms with E-state index in [-0.39, 0.29) is 11.4 Å². The molecule has 0 aliphatic heterocycles. The molecule has 1 N–H and O–H groups in total. The molecular formula is C20H24N2O. The number of rotatable bonds is 6. The second-order valence-corrected chi connectivity index (χ2v) is 5.86. The number of nitrogens with zero attached hydrogens (tertiary/aromatic N) is 1. The fourth-order valence-electron chi connectivity index (χ4n) is 2.82. The molecule has 0 unspecified atom stereocenters. The Balaban J connectivity index is 2.47. The van der Waals surface area contributed by atoms with Gasteiger partial charge in [-0.25, -0.2) is 4.79 Å². The van der Waals surface area contributed by atoms with E-state index in [1.54, 1.807) is 19.0 Å². The minimum atomic E-state index is -0.323. The van der Waals surface area contributed by atoms with E-state index in [1.807, 2.05) is 42.5 Å². The second-order valence-electron chi connectivity index (χ2n) is 5.86. The lowest BCUT2D eigenvalue weighted by Gasteiger charge is -2.35. The summed E-state index contributed by atoms with van der Waals surface area (Å²) >= 11 is 0. The topological polar surface area (TPSA) is 32.3 Å².